The quantitative estimate of drug-likeness (QED) is 0.0999. The smallest absolute Gasteiger partial charge is 0.272 e. The van der Waals surface area contributed by atoms with E-state index in [1.165, 1.54) is 28.7 Å². The van der Waals surface area contributed by atoms with Gasteiger partial charge in [-0.3, -0.25) is 14.4 Å². The molecule has 0 radical (unpaired) electrons. The van der Waals surface area contributed by atoms with E-state index in [2.05, 4.69) is 46.3 Å². The molecule has 1 aliphatic carbocycles. The third-order valence-electron chi connectivity index (χ3n) is 8.68. The zero-order chi connectivity index (χ0) is 35.0. The van der Waals surface area contributed by atoms with Gasteiger partial charge in [0.05, 0.1) is 10.8 Å². The Morgan fingerprint density at radius 1 is 0.920 bits per heavy atom. The van der Waals surface area contributed by atoms with Gasteiger partial charge in [0.1, 0.15) is 16.8 Å². The summed E-state index contributed by atoms with van der Waals surface area (Å²) in [7, 11) is 0. The lowest BCUT2D eigenvalue weighted by molar-refractivity contribution is -0.115. The summed E-state index contributed by atoms with van der Waals surface area (Å²) in [6, 6.07) is 36.4. The van der Waals surface area contributed by atoms with Gasteiger partial charge in [0.25, 0.3) is 11.8 Å². The highest BCUT2D eigenvalue weighted by Gasteiger charge is 2.28. The molecule has 0 saturated carbocycles. The van der Waals surface area contributed by atoms with Crippen LogP contribution in [0.4, 0.5) is 10.7 Å². The molecule has 2 unspecified atom stereocenters. The van der Waals surface area contributed by atoms with Crippen LogP contribution in [0.25, 0.3) is 6.08 Å². The number of fused-ring (bicyclic) bond motifs is 1. The van der Waals surface area contributed by atoms with Crippen LogP contribution in [0.5, 0.6) is 0 Å². The number of hydrogen-bond acceptors (Lipinski definition) is 6. The van der Waals surface area contributed by atoms with Crippen LogP contribution in [0.2, 0.25) is 0 Å². The fraction of sp³-hybridized carbons (Fsp3) is 0.171. The largest absolute Gasteiger partial charge is 0.321 e. The molecule has 0 spiro atoms. The Morgan fingerprint density at radius 3 is 2.38 bits per heavy atom. The van der Waals surface area contributed by atoms with Crippen molar-refractivity contribution < 1.29 is 14.4 Å². The zero-order valence-electron chi connectivity index (χ0n) is 27.7. The van der Waals surface area contributed by atoms with Crippen LogP contribution in [0, 0.1) is 18.3 Å². The van der Waals surface area contributed by atoms with Crippen LogP contribution in [0.1, 0.15) is 62.3 Å². The number of carbonyl (C=O) groups is 3. The van der Waals surface area contributed by atoms with Crippen LogP contribution < -0.4 is 16.0 Å². The second-order valence-electron chi connectivity index (χ2n) is 12.1. The molecular formula is C41H36N4O3S2. The molecule has 7 nitrogen and oxygen atoms in total. The fourth-order valence-corrected chi connectivity index (χ4v) is 8.17. The van der Waals surface area contributed by atoms with E-state index in [9.17, 15) is 19.6 Å². The molecule has 2 atom stereocenters. The second kappa shape index (κ2) is 15.9. The molecule has 1 aliphatic rings. The summed E-state index contributed by atoms with van der Waals surface area (Å²) in [5, 5.41) is 18.9. The van der Waals surface area contributed by atoms with Crippen molar-refractivity contribution in [2.24, 2.45) is 0 Å². The molecule has 1 aromatic heterocycles. The van der Waals surface area contributed by atoms with Crippen molar-refractivity contribution in [2.75, 3.05) is 10.6 Å². The van der Waals surface area contributed by atoms with E-state index in [0.717, 1.165) is 45.7 Å². The number of thioether (sulfide) groups is 1. The maximum absolute atomic E-state index is 13.6. The third kappa shape index (κ3) is 8.23. The summed E-state index contributed by atoms with van der Waals surface area (Å²) >= 11 is 2.86. The van der Waals surface area contributed by atoms with Crippen LogP contribution >= 0.6 is 23.1 Å². The lowest BCUT2D eigenvalue weighted by Gasteiger charge is -2.22. The minimum atomic E-state index is -0.481. The first-order valence-electron chi connectivity index (χ1n) is 16.4. The Balaban J connectivity index is 1.13. The minimum Gasteiger partial charge on any atom is -0.321 e. The summed E-state index contributed by atoms with van der Waals surface area (Å²) in [4.78, 5) is 42.0. The van der Waals surface area contributed by atoms with Crippen LogP contribution in [-0.2, 0) is 22.4 Å². The van der Waals surface area contributed by atoms with Gasteiger partial charge in [0, 0.05) is 21.0 Å². The predicted octanol–water partition coefficient (Wildman–Crippen LogP) is 8.73. The van der Waals surface area contributed by atoms with Gasteiger partial charge >= 0.3 is 0 Å². The van der Waals surface area contributed by atoms with E-state index in [4.69, 9.17) is 0 Å². The summed E-state index contributed by atoms with van der Waals surface area (Å²) in [6.45, 7) is 3.76. The first-order valence-corrected chi connectivity index (χ1v) is 18.1. The molecule has 9 heteroatoms. The van der Waals surface area contributed by atoms with Crippen molar-refractivity contribution in [3.05, 3.63) is 153 Å². The number of rotatable bonds is 10. The molecule has 0 fully saturated rings. The zero-order valence-corrected chi connectivity index (χ0v) is 29.4. The second-order valence-corrected chi connectivity index (χ2v) is 14.7. The number of carbonyl (C=O) groups excluding carboxylic acids is 3. The average Bonchev–Trinajstić information content (AvgIpc) is 3.49. The van der Waals surface area contributed by atoms with Gasteiger partial charge in [-0.05, 0) is 97.7 Å². The SMILES string of the molecule is Cc1ccccc1/C=C(\NC(=O)c1ccccc1)C(=O)Nc1cccc(SC(C)C(=O)Nc2sc3c(c2C#N)CCC(c2ccccc2)C3)c1. The summed E-state index contributed by atoms with van der Waals surface area (Å²) in [6.07, 6.45) is 4.30. The molecule has 1 heterocycles. The number of nitrogens with one attached hydrogen (secondary N) is 3. The van der Waals surface area contributed by atoms with Crippen molar-refractivity contribution >= 4 is 57.6 Å². The highest BCUT2D eigenvalue weighted by molar-refractivity contribution is 8.00. The molecule has 0 saturated heterocycles. The van der Waals surface area contributed by atoms with E-state index >= 15 is 0 Å². The Kier molecular flexibility index (Phi) is 10.9. The van der Waals surface area contributed by atoms with Crippen molar-refractivity contribution in [3.8, 4) is 6.07 Å². The van der Waals surface area contributed by atoms with Crippen molar-refractivity contribution in [1.29, 1.82) is 5.26 Å². The lowest BCUT2D eigenvalue weighted by atomic mass is 9.83. The van der Waals surface area contributed by atoms with Gasteiger partial charge in [-0.15, -0.1) is 23.1 Å². The highest BCUT2D eigenvalue weighted by atomic mass is 32.2. The average molecular weight is 697 g/mol. The molecule has 50 heavy (non-hydrogen) atoms. The number of nitriles is 1. The van der Waals surface area contributed by atoms with E-state index < -0.39 is 17.1 Å². The van der Waals surface area contributed by atoms with E-state index in [1.807, 2.05) is 56.3 Å². The van der Waals surface area contributed by atoms with Crippen LogP contribution in [0.15, 0.2) is 120 Å². The molecule has 6 rings (SSSR count). The molecule has 250 valence electrons. The third-order valence-corrected chi connectivity index (χ3v) is 10.9. The number of amides is 3. The first kappa shape index (κ1) is 34.4. The minimum absolute atomic E-state index is 0.0981. The number of aryl methyl sites for hydroxylation is 1. The molecule has 3 amide bonds. The Bertz CT molecular complexity index is 2100. The predicted molar refractivity (Wildman–Crippen MR) is 202 cm³/mol. The van der Waals surface area contributed by atoms with Gasteiger partial charge < -0.3 is 16.0 Å². The molecule has 3 N–H and O–H groups in total. The van der Waals surface area contributed by atoms with Crippen molar-refractivity contribution in [3.63, 3.8) is 0 Å². The standard InChI is InChI=1S/C41H36N4O3S2/c1-26-12-9-10-17-30(26)22-36(44-39(47)29-15-7-4-8-16-29)40(48)43-32-18-11-19-33(24-32)49-27(2)38(46)45-41-35(25-42)34-21-20-31(23-37(34)50-41)28-13-5-3-6-14-28/h3-19,22,24,27,31H,20-21,23H2,1-2H3,(H,43,48)(H,44,47)(H,45,46)/b36-22-. The maximum atomic E-state index is 13.6. The van der Waals surface area contributed by atoms with Gasteiger partial charge in [-0.2, -0.15) is 5.26 Å². The Labute approximate surface area is 300 Å². The van der Waals surface area contributed by atoms with E-state index in [-0.39, 0.29) is 11.6 Å². The molecule has 5 aromatic rings. The maximum Gasteiger partial charge on any atom is 0.272 e. The normalized spacial score (nSPS) is 14.5. The van der Waals surface area contributed by atoms with E-state index in [1.54, 1.807) is 48.5 Å². The van der Waals surface area contributed by atoms with Crippen molar-refractivity contribution in [1.82, 2.24) is 5.32 Å². The fourth-order valence-electron chi connectivity index (χ4n) is 5.97. The number of nitrogens with zero attached hydrogens (tertiary/aromatic N) is 1. The molecule has 0 bridgehead atoms. The van der Waals surface area contributed by atoms with Gasteiger partial charge in [-0.1, -0.05) is 78.9 Å². The highest BCUT2D eigenvalue weighted by Crippen LogP contribution is 2.42. The summed E-state index contributed by atoms with van der Waals surface area (Å²) in [5.41, 5.74) is 5.73. The number of hydrogen-bond donors (Lipinski definition) is 3. The lowest BCUT2D eigenvalue weighted by Crippen LogP contribution is -2.30. The van der Waals surface area contributed by atoms with Gasteiger partial charge in [0.2, 0.25) is 5.91 Å². The topological polar surface area (TPSA) is 111 Å². The van der Waals surface area contributed by atoms with Crippen LogP contribution in [-0.4, -0.2) is 23.0 Å². The summed E-state index contributed by atoms with van der Waals surface area (Å²) in [5.74, 6) is -0.683. The Morgan fingerprint density at radius 2 is 1.64 bits per heavy atom. The van der Waals surface area contributed by atoms with E-state index in [0.29, 0.717) is 27.7 Å². The van der Waals surface area contributed by atoms with Crippen molar-refractivity contribution in [2.45, 2.75) is 49.2 Å². The van der Waals surface area contributed by atoms with Gasteiger partial charge in [0.15, 0.2) is 0 Å². The number of benzene rings is 4. The molecule has 4 aromatic carbocycles. The Hall–Kier alpha value is -5.43. The molecular weight excluding hydrogens is 661 g/mol. The van der Waals surface area contributed by atoms with Gasteiger partial charge in [-0.25, -0.2) is 0 Å². The summed E-state index contributed by atoms with van der Waals surface area (Å²) < 4.78 is 0. The van der Waals surface area contributed by atoms with Crippen LogP contribution in [0.3, 0.4) is 0 Å². The monoisotopic (exact) mass is 696 g/mol. The first-order chi connectivity index (χ1) is 24.3. The number of thiophene rings is 1. The number of anilines is 2. The molecule has 0 aliphatic heterocycles.